The molecule has 0 aliphatic heterocycles. The molecule has 0 aliphatic carbocycles. The van der Waals surface area contributed by atoms with E-state index in [4.69, 9.17) is 0 Å². The summed E-state index contributed by atoms with van der Waals surface area (Å²) in [7, 11) is 0. The van der Waals surface area contributed by atoms with Gasteiger partial charge in [-0.25, -0.2) is 23.1 Å². The number of halogens is 3. The van der Waals surface area contributed by atoms with Crippen LogP contribution in [0.4, 0.5) is 13.2 Å². The van der Waals surface area contributed by atoms with E-state index in [9.17, 15) is 13.2 Å². The molecule has 0 N–H and O–H groups in total. The van der Waals surface area contributed by atoms with Gasteiger partial charge in [0, 0.05) is 11.9 Å². The Hall–Kier alpha value is -1.04. The van der Waals surface area contributed by atoms with Crippen molar-refractivity contribution in [3.8, 4) is 0 Å². The lowest BCUT2D eigenvalue weighted by atomic mass is 10.4. The van der Waals surface area contributed by atoms with Crippen LogP contribution in [-0.2, 0) is 0 Å². The third kappa shape index (κ3) is 2.95. The molecule has 1 rings (SSSR count). The van der Waals surface area contributed by atoms with Crippen LogP contribution in [0.2, 0.25) is 0 Å². The molecular formula is C9H9F3N2S. The van der Waals surface area contributed by atoms with Crippen LogP contribution in [0.1, 0.15) is 5.69 Å². The molecule has 0 aromatic carbocycles. The predicted molar refractivity (Wildman–Crippen MR) is 52.7 cm³/mol. The molecule has 0 fully saturated rings. The highest BCUT2D eigenvalue weighted by Crippen LogP contribution is 2.38. The van der Waals surface area contributed by atoms with Gasteiger partial charge >= 0.3 is 0 Å². The number of hydrogen-bond acceptors (Lipinski definition) is 3. The van der Waals surface area contributed by atoms with Gasteiger partial charge in [-0.1, -0.05) is 6.58 Å². The maximum atomic E-state index is 13.5. The zero-order chi connectivity index (χ0) is 11.5. The molecule has 2 nitrogen and oxygen atoms in total. The Kier molecular flexibility index (Phi) is 3.73. The van der Waals surface area contributed by atoms with Crippen LogP contribution in [-0.4, -0.2) is 21.4 Å². The molecule has 0 saturated carbocycles. The van der Waals surface area contributed by atoms with Crippen LogP contribution >= 0.6 is 11.8 Å². The molecule has 1 aromatic rings. The van der Waals surface area contributed by atoms with Crippen molar-refractivity contribution in [3.05, 3.63) is 30.6 Å². The molecule has 0 aliphatic rings. The first-order valence-electron chi connectivity index (χ1n) is 4.07. The molecule has 0 bridgehead atoms. The van der Waals surface area contributed by atoms with E-state index in [1.54, 1.807) is 13.0 Å². The van der Waals surface area contributed by atoms with Gasteiger partial charge in [0.25, 0.3) is 6.43 Å². The second-order valence-electron chi connectivity index (χ2n) is 2.79. The van der Waals surface area contributed by atoms with Crippen LogP contribution in [0.15, 0.2) is 30.1 Å². The van der Waals surface area contributed by atoms with Crippen molar-refractivity contribution < 1.29 is 13.2 Å². The fourth-order valence-electron chi connectivity index (χ4n) is 0.790. The maximum absolute atomic E-state index is 13.5. The Morgan fingerprint density at radius 1 is 1.60 bits per heavy atom. The second kappa shape index (κ2) is 4.65. The SMILES string of the molecule is C=CC(F)(Sc1nccc(C)n1)C(F)F. The molecule has 0 saturated heterocycles. The van der Waals surface area contributed by atoms with Crippen LogP contribution in [0.5, 0.6) is 0 Å². The quantitative estimate of drug-likeness (QED) is 0.455. The molecule has 15 heavy (non-hydrogen) atoms. The van der Waals surface area contributed by atoms with Crippen molar-refractivity contribution in [2.75, 3.05) is 0 Å². The minimum absolute atomic E-state index is 0.0299. The van der Waals surface area contributed by atoms with Crippen LogP contribution in [0, 0.1) is 6.92 Å². The minimum atomic E-state index is -3.16. The van der Waals surface area contributed by atoms with Gasteiger partial charge in [0.1, 0.15) is 0 Å². The Balaban J connectivity index is 2.88. The Morgan fingerprint density at radius 2 is 2.27 bits per heavy atom. The fourth-order valence-corrected chi connectivity index (χ4v) is 1.55. The number of aryl methyl sites for hydroxylation is 1. The standard InChI is InChI=1S/C9H9F3N2S/c1-3-9(12,7(10)11)15-8-13-5-4-6(2)14-8/h3-5,7H,1H2,2H3. The highest BCUT2D eigenvalue weighted by Gasteiger charge is 2.39. The predicted octanol–water partition coefficient (Wildman–Crippen LogP) is 2.99. The molecule has 1 atom stereocenters. The largest absolute Gasteiger partial charge is 0.285 e. The van der Waals surface area contributed by atoms with Crippen LogP contribution < -0.4 is 0 Å². The first-order chi connectivity index (χ1) is 6.98. The zero-order valence-electron chi connectivity index (χ0n) is 7.95. The normalized spacial score (nSPS) is 15.0. The lowest BCUT2D eigenvalue weighted by Gasteiger charge is -2.18. The molecular weight excluding hydrogens is 225 g/mol. The Bertz CT molecular complexity index is 359. The molecule has 1 heterocycles. The molecule has 1 unspecified atom stereocenters. The van der Waals surface area contributed by atoms with Gasteiger partial charge in [-0.05, 0) is 30.8 Å². The summed E-state index contributed by atoms with van der Waals surface area (Å²) in [6.45, 7) is 4.71. The van der Waals surface area contributed by atoms with Crippen LogP contribution in [0.25, 0.3) is 0 Å². The molecule has 6 heteroatoms. The fraction of sp³-hybridized carbons (Fsp3) is 0.333. The van der Waals surface area contributed by atoms with Crippen molar-refractivity contribution >= 4 is 11.8 Å². The zero-order valence-corrected chi connectivity index (χ0v) is 8.77. The van der Waals surface area contributed by atoms with Crippen molar-refractivity contribution in [2.24, 2.45) is 0 Å². The smallest absolute Gasteiger partial charge is 0.231 e. The van der Waals surface area contributed by atoms with E-state index < -0.39 is 11.4 Å². The molecule has 0 radical (unpaired) electrons. The van der Waals surface area contributed by atoms with E-state index in [1.807, 2.05) is 0 Å². The number of thioether (sulfide) groups is 1. The topological polar surface area (TPSA) is 25.8 Å². The lowest BCUT2D eigenvalue weighted by molar-refractivity contribution is 0.0550. The summed E-state index contributed by atoms with van der Waals surface area (Å²) < 4.78 is 38.2. The summed E-state index contributed by atoms with van der Waals surface area (Å²) in [6.07, 6.45) is -1.21. The van der Waals surface area contributed by atoms with E-state index in [-0.39, 0.29) is 16.9 Å². The summed E-state index contributed by atoms with van der Waals surface area (Å²) in [6, 6.07) is 1.60. The minimum Gasteiger partial charge on any atom is -0.231 e. The number of alkyl halides is 3. The maximum Gasteiger partial charge on any atom is 0.285 e. The van der Waals surface area contributed by atoms with Gasteiger partial charge in [0.15, 0.2) is 5.16 Å². The molecule has 1 aromatic heterocycles. The molecule has 82 valence electrons. The van der Waals surface area contributed by atoms with Crippen molar-refractivity contribution in [2.45, 2.75) is 23.5 Å². The van der Waals surface area contributed by atoms with Gasteiger partial charge in [-0.15, -0.1) is 0 Å². The highest BCUT2D eigenvalue weighted by atomic mass is 32.2. The van der Waals surface area contributed by atoms with Crippen molar-refractivity contribution in [1.29, 1.82) is 0 Å². The monoisotopic (exact) mass is 234 g/mol. The lowest BCUT2D eigenvalue weighted by Crippen LogP contribution is -2.25. The van der Waals surface area contributed by atoms with E-state index in [2.05, 4.69) is 16.5 Å². The average molecular weight is 234 g/mol. The molecule has 0 spiro atoms. The van der Waals surface area contributed by atoms with Gasteiger partial charge < -0.3 is 0 Å². The Labute approximate surface area is 89.6 Å². The van der Waals surface area contributed by atoms with Crippen molar-refractivity contribution in [1.82, 2.24) is 9.97 Å². The third-order valence-electron chi connectivity index (χ3n) is 1.60. The summed E-state index contributed by atoms with van der Waals surface area (Å²) in [4.78, 5) is 7.50. The van der Waals surface area contributed by atoms with Gasteiger partial charge in [0.05, 0.1) is 0 Å². The van der Waals surface area contributed by atoms with Gasteiger partial charge in [0.2, 0.25) is 5.00 Å². The number of hydrogen-bond donors (Lipinski definition) is 0. The summed E-state index contributed by atoms with van der Waals surface area (Å²) in [5.74, 6) is 0. The molecule has 0 amide bonds. The van der Waals surface area contributed by atoms with Gasteiger partial charge in [-0.2, -0.15) is 0 Å². The summed E-state index contributed by atoms with van der Waals surface area (Å²) in [5, 5.41) is -2.87. The Morgan fingerprint density at radius 3 is 2.73 bits per heavy atom. The number of rotatable bonds is 4. The summed E-state index contributed by atoms with van der Waals surface area (Å²) >= 11 is 0.256. The average Bonchev–Trinajstić information content (AvgIpc) is 2.17. The third-order valence-corrected chi connectivity index (χ3v) is 2.63. The second-order valence-corrected chi connectivity index (χ2v) is 3.98. The highest BCUT2D eigenvalue weighted by molar-refractivity contribution is 8.00. The van der Waals surface area contributed by atoms with Crippen molar-refractivity contribution in [3.63, 3.8) is 0 Å². The van der Waals surface area contributed by atoms with E-state index in [0.29, 0.717) is 11.8 Å². The van der Waals surface area contributed by atoms with E-state index in [0.717, 1.165) is 0 Å². The number of nitrogens with zero attached hydrogens (tertiary/aromatic N) is 2. The van der Waals surface area contributed by atoms with Gasteiger partial charge in [-0.3, -0.25) is 0 Å². The first-order valence-corrected chi connectivity index (χ1v) is 4.89. The summed E-state index contributed by atoms with van der Waals surface area (Å²) in [5.41, 5.74) is 0.591. The van der Waals surface area contributed by atoms with Crippen LogP contribution in [0.3, 0.4) is 0 Å². The number of aromatic nitrogens is 2. The van der Waals surface area contributed by atoms with E-state index in [1.165, 1.54) is 6.20 Å². The van der Waals surface area contributed by atoms with E-state index >= 15 is 0 Å². The first kappa shape index (κ1) is 12.0.